The molecular formula is C23H26F2N2O3S. The smallest absolute Gasteiger partial charge is 0.226 e. The van der Waals surface area contributed by atoms with Crippen molar-refractivity contribution in [1.29, 1.82) is 0 Å². The van der Waals surface area contributed by atoms with Crippen LogP contribution in [-0.2, 0) is 21.2 Å². The number of amides is 1. The molecule has 1 heterocycles. The van der Waals surface area contributed by atoms with Gasteiger partial charge < -0.3 is 4.90 Å². The number of hydrogen-bond acceptors (Lipinski definition) is 3. The van der Waals surface area contributed by atoms with Crippen molar-refractivity contribution in [2.45, 2.75) is 44.4 Å². The zero-order valence-corrected chi connectivity index (χ0v) is 18.1. The molecule has 4 rings (SSSR count). The minimum Gasteiger partial charge on any atom is -0.334 e. The van der Waals surface area contributed by atoms with Gasteiger partial charge in [-0.25, -0.2) is 21.9 Å². The van der Waals surface area contributed by atoms with Crippen LogP contribution in [0, 0.1) is 11.7 Å². The molecule has 2 aromatic carbocycles. The molecule has 0 radical (unpaired) electrons. The molecule has 1 amide bonds. The topological polar surface area (TPSA) is 66.5 Å². The summed E-state index contributed by atoms with van der Waals surface area (Å²) in [7, 11) is -3.70. The van der Waals surface area contributed by atoms with E-state index < -0.39 is 34.1 Å². The SMILES string of the molecule is CCS(=O)(=O)N[C@H]1[C@@H](F)CN(C(=O)C2CC2)[C@H]1Cc1cccc(-c2ccccc2)c1F. The number of likely N-dealkylation sites (tertiary alicyclic amines) is 1. The number of benzene rings is 2. The van der Waals surface area contributed by atoms with Crippen LogP contribution in [-0.4, -0.2) is 49.8 Å². The van der Waals surface area contributed by atoms with Gasteiger partial charge in [0.15, 0.2) is 0 Å². The first-order valence-electron chi connectivity index (χ1n) is 10.6. The van der Waals surface area contributed by atoms with Gasteiger partial charge in [0.2, 0.25) is 15.9 Å². The Morgan fingerprint density at radius 3 is 2.48 bits per heavy atom. The Labute approximate surface area is 181 Å². The van der Waals surface area contributed by atoms with Crippen molar-refractivity contribution < 1.29 is 22.0 Å². The van der Waals surface area contributed by atoms with Crippen LogP contribution in [0.3, 0.4) is 0 Å². The summed E-state index contributed by atoms with van der Waals surface area (Å²) < 4.78 is 57.1. The molecule has 0 unspecified atom stereocenters. The van der Waals surface area contributed by atoms with Crippen LogP contribution in [0.4, 0.5) is 8.78 Å². The van der Waals surface area contributed by atoms with E-state index in [2.05, 4.69) is 4.72 Å². The summed E-state index contributed by atoms with van der Waals surface area (Å²) in [5.41, 5.74) is 1.46. The van der Waals surface area contributed by atoms with Gasteiger partial charge in [0.1, 0.15) is 12.0 Å². The summed E-state index contributed by atoms with van der Waals surface area (Å²) in [5.74, 6) is -0.952. The highest BCUT2D eigenvalue weighted by Crippen LogP contribution is 2.36. The largest absolute Gasteiger partial charge is 0.334 e. The summed E-state index contributed by atoms with van der Waals surface area (Å²) in [5, 5.41) is 0. The fourth-order valence-electron chi connectivity index (χ4n) is 4.17. The molecule has 0 spiro atoms. The highest BCUT2D eigenvalue weighted by Gasteiger charge is 2.48. The summed E-state index contributed by atoms with van der Waals surface area (Å²) in [6, 6.07) is 12.2. The number of sulfonamides is 1. The lowest BCUT2D eigenvalue weighted by Crippen LogP contribution is -2.50. The van der Waals surface area contributed by atoms with Crippen molar-refractivity contribution in [3.05, 3.63) is 59.9 Å². The molecule has 1 aliphatic carbocycles. The van der Waals surface area contributed by atoms with Gasteiger partial charge in [-0.1, -0.05) is 48.5 Å². The maximum absolute atomic E-state index is 15.4. The zero-order chi connectivity index (χ0) is 22.2. The van der Waals surface area contributed by atoms with Crippen LogP contribution in [0.25, 0.3) is 11.1 Å². The second-order valence-corrected chi connectivity index (χ2v) is 10.3. The van der Waals surface area contributed by atoms with Crippen molar-refractivity contribution in [3.8, 4) is 11.1 Å². The lowest BCUT2D eigenvalue weighted by molar-refractivity contribution is -0.133. The number of halogens is 2. The predicted molar refractivity (Wildman–Crippen MR) is 115 cm³/mol. The van der Waals surface area contributed by atoms with Crippen molar-refractivity contribution in [1.82, 2.24) is 9.62 Å². The Balaban J connectivity index is 1.67. The number of nitrogens with one attached hydrogen (secondary N) is 1. The Bertz CT molecular complexity index is 1060. The number of nitrogens with zero attached hydrogens (tertiary/aromatic N) is 1. The first-order chi connectivity index (χ1) is 14.8. The highest BCUT2D eigenvalue weighted by molar-refractivity contribution is 7.89. The molecular weight excluding hydrogens is 422 g/mol. The van der Waals surface area contributed by atoms with E-state index in [4.69, 9.17) is 0 Å². The fourth-order valence-corrected chi connectivity index (χ4v) is 5.06. The minimum absolute atomic E-state index is 0.0300. The van der Waals surface area contributed by atoms with Gasteiger partial charge in [0, 0.05) is 11.5 Å². The predicted octanol–water partition coefficient (Wildman–Crippen LogP) is 3.30. The highest BCUT2D eigenvalue weighted by atomic mass is 32.2. The second kappa shape index (κ2) is 8.67. The average Bonchev–Trinajstić information content (AvgIpc) is 3.57. The molecule has 8 heteroatoms. The van der Waals surface area contributed by atoms with Gasteiger partial charge in [-0.3, -0.25) is 4.79 Å². The van der Waals surface area contributed by atoms with Gasteiger partial charge in [-0.2, -0.15) is 0 Å². The van der Waals surface area contributed by atoms with E-state index in [-0.39, 0.29) is 30.5 Å². The van der Waals surface area contributed by atoms with E-state index >= 15 is 4.39 Å². The van der Waals surface area contributed by atoms with Crippen molar-refractivity contribution in [2.75, 3.05) is 12.3 Å². The number of carbonyl (C=O) groups is 1. The number of carbonyl (C=O) groups excluding carboxylic acids is 1. The first kappa shape index (κ1) is 21.9. The molecule has 5 nitrogen and oxygen atoms in total. The van der Waals surface area contributed by atoms with Crippen LogP contribution in [0.5, 0.6) is 0 Å². The van der Waals surface area contributed by atoms with Gasteiger partial charge in [-0.15, -0.1) is 0 Å². The first-order valence-corrected chi connectivity index (χ1v) is 12.2. The van der Waals surface area contributed by atoms with Crippen LogP contribution in [0.15, 0.2) is 48.5 Å². The third kappa shape index (κ3) is 4.65. The molecule has 0 aromatic heterocycles. The molecule has 1 aliphatic heterocycles. The Morgan fingerprint density at radius 1 is 1.13 bits per heavy atom. The molecule has 1 saturated carbocycles. The van der Waals surface area contributed by atoms with Crippen molar-refractivity contribution in [2.24, 2.45) is 5.92 Å². The Hall–Kier alpha value is -2.32. The van der Waals surface area contributed by atoms with Crippen LogP contribution in [0.2, 0.25) is 0 Å². The Morgan fingerprint density at radius 2 is 1.84 bits per heavy atom. The van der Waals surface area contributed by atoms with Gasteiger partial charge in [-0.05, 0) is 37.3 Å². The summed E-state index contributed by atoms with van der Waals surface area (Å²) in [6.07, 6.45) is -0.0124. The second-order valence-electron chi connectivity index (χ2n) is 8.24. The van der Waals surface area contributed by atoms with Crippen LogP contribution >= 0.6 is 0 Å². The van der Waals surface area contributed by atoms with Crippen molar-refractivity contribution >= 4 is 15.9 Å². The maximum atomic E-state index is 15.4. The van der Waals surface area contributed by atoms with Crippen molar-refractivity contribution in [3.63, 3.8) is 0 Å². The third-order valence-electron chi connectivity index (χ3n) is 6.07. The molecule has 3 atom stereocenters. The third-order valence-corrected chi connectivity index (χ3v) is 7.46. The van der Waals surface area contributed by atoms with E-state index in [0.717, 1.165) is 12.8 Å². The lowest BCUT2D eigenvalue weighted by Gasteiger charge is -2.29. The van der Waals surface area contributed by atoms with Gasteiger partial charge in [0.05, 0.1) is 24.4 Å². The molecule has 2 aromatic rings. The zero-order valence-electron chi connectivity index (χ0n) is 17.3. The summed E-state index contributed by atoms with van der Waals surface area (Å²) in [6.45, 7) is 1.28. The summed E-state index contributed by atoms with van der Waals surface area (Å²) >= 11 is 0. The molecule has 1 saturated heterocycles. The molecule has 2 aliphatic rings. The van der Waals surface area contributed by atoms with E-state index in [0.29, 0.717) is 16.7 Å². The van der Waals surface area contributed by atoms with E-state index in [1.807, 2.05) is 18.2 Å². The quantitative estimate of drug-likeness (QED) is 0.707. The number of alkyl halides is 1. The van der Waals surface area contributed by atoms with Crippen LogP contribution in [0.1, 0.15) is 25.3 Å². The Kier molecular flexibility index (Phi) is 6.12. The van der Waals surface area contributed by atoms with Gasteiger partial charge >= 0.3 is 0 Å². The molecule has 31 heavy (non-hydrogen) atoms. The van der Waals surface area contributed by atoms with E-state index in [9.17, 15) is 17.6 Å². The van der Waals surface area contributed by atoms with E-state index in [1.165, 1.54) is 11.8 Å². The maximum Gasteiger partial charge on any atom is 0.226 e. The van der Waals surface area contributed by atoms with E-state index in [1.54, 1.807) is 30.3 Å². The average molecular weight is 449 g/mol. The normalized spacial score (nSPS) is 23.8. The molecule has 166 valence electrons. The molecule has 1 N–H and O–H groups in total. The molecule has 2 fully saturated rings. The number of hydrogen-bond donors (Lipinski definition) is 1. The monoisotopic (exact) mass is 448 g/mol. The standard InChI is InChI=1S/C23H26F2N2O3S/c1-2-31(29,30)26-22-19(24)14-27(23(28)16-11-12-16)20(22)13-17-9-6-10-18(21(17)25)15-7-4-3-5-8-15/h3-10,16,19-20,22,26H,2,11-14H2,1H3/t19-,20-,22-/m0/s1. The lowest BCUT2D eigenvalue weighted by atomic mass is 9.95. The fraction of sp³-hybridized carbons (Fsp3) is 0.435. The molecule has 0 bridgehead atoms. The summed E-state index contributed by atoms with van der Waals surface area (Å²) in [4.78, 5) is 14.2. The minimum atomic E-state index is -3.70. The van der Waals surface area contributed by atoms with Gasteiger partial charge in [0.25, 0.3) is 0 Å². The van der Waals surface area contributed by atoms with Crippen LogP contribution < -0.4 is 4.72 Å². The number of rotatable bonds is 7.